The first kappa shape index (κ1) is 15.7. The molecule has 0 aliphatic carbocycles. The lowest BCUT2D eigenvalue weighted by molar-refractivity contribution is 0.890. The summed E-state index contributed by atoms with van der Waals surface area (Å²) in [5.74, 6) is 2.09. The van der Waals surface area contributed by atoms with Crippen molar-refractivity contribution in [3.05, 3.63) is 72.1 Å². The number of benzene rings is 1. The first-order valence-corrected chi connectivity index (χ1v) is 8.18. The van der Waals surface area contributed by atoms with E-state index in [1.807, 2.05) is 30.3 Å². The van der Waals surface area contributed by atoms with E-state index in [2.05, 4.69) is 42.4 Å². The van der Waals surface area contributed by atoms with Gasteiger partial charge in [-0.15, -0.1) is 0 Å². The summed E-state index contributed by atoms with van der Waals surface area (Å²) in [6.07, 6.45) is 6.40. The number of aromatic nitrogens is 5. The Balaban J connectivity index is 1.49. The Labute approximate surface area is 149 Å². The molecule has 0 spiro atoms. The summed E-state index contributed by atoms with van der Waals surface area (Å²) in [5.41, 5.74) is 3.29. The zero-order chi connectivity index (χ0) is 17.8. The van der Waals surface area contributed by atoms with Crippen molar-refractivity contribution in [2.75, 3.05) is 5.32 Å². The van der Waals surface area contributed by atoms with Gasteiger partial charge in [0.15, 0.2) is 5.69 Å². The molecule has 7 nitrogen and oxygen atoms in total. The largest absolute Gasteiger partial charge is 0.342 e. The average molecular weight is 341 g/mol. The predicted molar refractivity (Wildman–Crippen MR) is 97.8 cm³/mol. The highest BCUT2D eigenvalue weighted by Gasteiger charge is 2.06. The number of aryl methyl sites for hydroxylation is 2. The monoisotopic (exact) mass is 341 g/mol. The van der Waals surface area contributed by atoms with Gasteiger partial charge in [-0.3, -0.25) is 0 Å². The summed E-state index contributed by atoms with van der Waals surface area (Å²) in [6.45, 7) is 0. The number of nitrogens with zero attached hydrogens (tertiary/aromatic N) is 5. The molecule has 0 amide bonds. The number of aromatic amines is 1. The summed E-state index contributed by atoms with van der Waals surface area (Å²) in [4.78, 5) is 20.4. The van der Waals surface area contributed by atoms with Crippen molar-refractivity contribution in [1.82, 2.24) is 24.9 Å². The van der Waals surface area contributed by atoms with Crippen molar-refractivity contribution in [1.29, 1.82) is 5.26 Å². The lowest BCUT2D eigenvalue weighted by Crippen LogP contribution is -1.97. The summed E-state index contributed by atoms with van der Waals surface area (Å²) < 4.78 is 0. The molecule has 0 unspecified atom stereocenters. The molecule has 3 aromatic heterocycles. The fourth-order valence-electron chi connectivity index (χ4n) is 2.64. The highest BCUT2D eigenvalue weighted by Crippen LogP contribution is 2.18. The molecule has 0 aliphatic rings. The van der Waals surface area contributed by atoms with Crippen molar-refractivity contribution in [3.63, 3.8) is 0 Å². The standard InChI is InChI=1S/C19H15N7/c20-9-14-10-22-19(12-21-14)26-18-8-15-16(11-23-18)25-17(24-15)7-6-13-4-2-1-3-5-13/h1-5,8,10-12H,6-7H2,(H,24,25)(H,22,23,26). The van der Waals surface area contributed by atoms with Gasteiger partial charge in [0.25, 0.3) is 0 Å². The number of nitrogens with one attached hydrogen (secondary N) is 2. The Bertz CT molecular complexity index is 1060. The van der Waals surface area contributed by atoms with Crippen LogP contribution in [0.2, 0.25) is 0 Å². The number of hydrogen-bond donors (Lipinski definition) is 2. The van der Waals surface area contributed by atoms with E-state index in [0.717, 1.165) is 29.7 Å². The molecule has 4 rings (SSSR count). The van der Waals surface area contributed by atoms with Gasteiger partial charge in [-0.05, 0) is 12.0 Å². The lowest BCUT2D eigenvalue weighted by atomic mass is 10.1. The molecule has 0 atom stereocenters. The summed E-state index contributed by atoms with van der Waals surface area (Å²) in [6, 6.07) is 14.2. The molecule has 0 saturated carbocycles. The Morgan fingerprint density at radius 1 is 0.962 bits per heavy atom. The van der Waals surface area contributed by atoms with E-state index in [1.165, 1.54) is 18.0 Å². The molecule has 0 bridgehead atoms. The summed E-state index contributed by atoms with van der Waals surface area (Å²) in [7, 11) is 0. The molecule has 4 aromatic rings. The first-order valence-electron chi connectivity index (χ1n) is 8.18. The molecule has 7 heteroatoms. The Hall–Kier alpha value is -3.79. The number of hydrogen-bond acceptors (Lipinski definition) is 6. The lowest BCUT2D eigenvalue weighted by Gasteiger charge is -2.03. The van der Waals surface area contributed by atoms with E-state index < -0.39 is 0 Å². The Morgan fingerprint density at radius 2 is 1.81 bits per heavy atom. The van der Waals surface area contributed by atoms with Crippen LogP contribution in [0.25, 0.3) is 11.0 Å². The van der Waals surface area contributed by atoms with Gasteiger partial charge in [-0.25, -0.2) is 19.9 Å². The van der Waals surface area contributed by atoms with Crippen LogP contribution in [0.3, 0.4) is 0 Å². The molecular weight excluding hydrogens is 326 g/mol. The zero-order valence-corrected chi connectivity index (χ0v) is 13.8. The van der Waals surface area contributed by atoms with Gasteiger partial charge in [0.1, 0.15) is 29.0 Å². The quantitative estimate of drug-likeness (QED) is 0.578. The van der Waals surface area contributed by atoms with E-state index in [-0.39, 0.29) is 5.69 Å². The van der Waals surface area contributed by atoms with Crippen molar-refractivity contribution >= 4 is 22.7 Å². The van der Waals surface area contributed by atoms with Crippen LogP contribution in [-0.2, 0) is 12.8 Å². The van der Waals surface area contributed by atoms with Crippen molar-refractivity contribution in [2.24, 2.45) is 0 Å². The van der Waals surface area contributed by atoms with Crippen molar-refractivity contribution in [2.45, 2.75) is 12.8 Å². The normalized spacial score (nSPS) is 10.6. The molecule has 1 aromatic carbocycles. The van der Waals surface area contributed by atoms with Crippen LogP contribution in [0.4, 0.5) is 11.6 Å². The minimum absolute atomic E-state index is 0.274. The number of anilines is 2. The molecule has 26 heavy (non-hydrogen) atoms. The number of H-pyrrole nitrogens is 1. The molecule has 3 heterocycles. The van der Waals surface area contributed by atoms with E-state index in [0.29, 0.717) is 11.6 Å². The van der Waals surface area contributed by atoms with Gasteiger partial charge in [-0.1, -0.05) is 30.3 Å². The number of nitriles is 1. The smallest absolute Gasteiger partial charge is 0.158 e. The molecule has 0 radical (unpaired) electrons. The first-order chi connectivity index (χ1) is 12.8. The summed E-state index contributed by atoms with van der Waals surface area (Å²) >= 11 is 0. The number of imidazole rings is 1. The second kappa shape index (κ2) is 6.99. The highest BCUT2D eigenvalue weighted by atomic mass is 15.1. The van der Waals surface area contributed by atoms with E-state index in [9.17, 15) is 0 Å². The van der Waals surface area contributed by atoms with Gasteiger partial charge in [0.05, 0.1) is 24.1 Å². The molecule has 2 N–H and O–H groups in total. The summed E-state index contributed by atoms with van der Waals surface area (Å²) in [5, 5.41) is 11.8. The fraction of sp³-hybridized carbons (Fsp3) is 0.105. The van der Waals surface area contributed by atoms with E-state index >= 15 is 0 Å². The van der Waals surface area contributed by atoms with Crippen LogP contribution < -0.4 is 5.32 Å². The maximum Gasteiger partial charge on any atom is 0.158 e. The Morgan fingerprint density at radius 3 is 2.58 bits per heavy atom. The van der Waals surface area contributed by atoms with E-state index in [1.54, 1.807) is 6.20 Å². The minimum atomic E-state index is 0.274. The molecule has 0 saturated heterocycles. The molecule has 0 aliphatic heterocycles. The average Bonchev–Trinajstić information content (AvgIpc) is 3.10. The van der Waals surface area contributed by atoms with Crippen molar-refractivity contribution < 1.29 is 0 Å². The highest BCUT2D eigenvalue weighted by molar-refractivity contribution is 5.77. The predicted octanol–water partition coefficient (Wildman–Crippen LogP) is 3.15. The number of rotatable bonds is 5. The van der Waals surface area contributed by atoms with Gasteiger partial charge < -0.3 is 10.3 Å². The third-order valence-corrected chi connectivity index (χ3v) is 3.93. The van der Waals surface area contributed by atoms with Crippen LogP contribution in [-0.4, -0.2) is 24.9 Å². The molecular formula is C19H15N7. The van der Waals surface area contributed by atoms with Crippen LogP contribution in [0, 0.1) is 11.3 Å². The van der Waals surface area contributed by atoms with Crippen LogP contribution in [0.15, 0.2) is 55.0 Å². The van der Waals surface area contributed by atoms with Crippen LogP contribution >= 0.6 is 0 Å². The number of fused-ring (bicyclic) bond motifs is 1. The van der Waals surface area contributed by atoms with Gasteiger partial charge >= 0.3 is 0 Å². The van der Waals surface area contributed by atoms with Gasteiger partial charge in [0.2, 0.25) is 0 Å². The molecule has 0 fully saturated rings. The number of pyridine rings is 1. The maximum absolute atomic E-state index is 8.76. The Kier molecular flexibility index (Phi) is 4.23. The minimum Gasteiger partial charge on any atom is -0.342 e. The zero-order valence-electron chi connectivity index (χ0n) is 13.8. The topological polar surface area (TPSA) is 103 Å². The van der Waals surface area contributed by atoms with Crippen LogP contribution in [0.1, 0.15) is 17.1 Å². The SMILES string of the molecule is N#Cc1cnc(Nc2cc3[nH]c(CCc4ccccc4)nc3cn2)cn1. The third kappa shape index (κ3) is 3.49. The third-order valence-electron chi connectivity index (χ3n) is 3.93. The van der Waals surface area contributed by atoms with E-state index in [4.69, 9.17) is 5.26 Å². The second-order valence-corrected chi connectivity index (χ2v) is 5.78. The van der Waals surface area contributed by atoms with Gasteiger partial charge in [-0.2, -0.15) is 5.26 Å². The van der Waals surface area contributed by atoms with Crippen molar-refractivity contribution in [3.8, 4) is 6.07 Å². The van der Waals surface area contributed by atoms with Gasteiger partial charge in [0, 0.05) is 12.5 Å². The second-order valence-electron chi connectivity index (χ2n) is 5.78. The van der Waals surface area contributed by atoms with Crippen LogP contribution in [0.5, 0.6) is 0 Å². The molecule has 126 valence electrons. The maximum atomic E-state index is 8.76. The fourth-order valence-corrected chi connectivity index (χ4v) is 2.64.